The van der Waals surface area contributed by atoms with E-state index in [9.17, 15) is 4.79 Å². The van der Waals surface area contributed by atoms with Gasteiger partial charge in [0.2, 0.25) is 0 Å². The zero-order chi connectivity index (χ0) is 17.8. The number of nitrogens with zero attached hydrogens (tertiary/aromatic N) is 3. The van der Waals surface area contributed by atoms with Crippen molar-refractivity contribution in [3.05, 3.63) is 71.2 Å². The molecule has 2 heterocycles. The van der Waals surface area contributed by atoms with Crippen LogP contribution < -0.4 is 0 Å². The van der Waals surface area contributed by atoms with Gasteiger partial charge in [-0.2, -0.15) is 5.10 Å². The molecule has 0 saturated carbocycles. The second kappa shape index (κ2) is 7.10. The largest absolute Gasteiger partial charge is 0.449 e. The fourth-order valence-corrected chi connectivity index (χ4v) is 2.68. The molecule has 0 atom stereocenters. The number of benzene rings is 1. The Balaban J connectivity index is 1.77. The first kappa shape index (κ1) is 16.6. The van der Waals surface area contributed by atoms with Crippen LogP contribution in [0.15, 0.2) is 48.7 Å². The Bertz CT molecular complexity index is 936. The van der Waals surface area contributed by atoms with Crippen molar-refractivity contribution in [3.8, 4) is 17.7 Å². The van der Waals surface area contributed by atoms with Crippen LogP contribution in [0.4, 0.5) is 0 Å². The van der Waals surface area contributed by atoms with Gasteiger partial charge < -0.3 is 9.30 Å². The highest BCUT2D eigenvalue weighted by molar-refractivity contribution is 5.92. The summed E-state index contributed by atoms with van der Waals surface area (Å²) in [7, 11) is 1.81. The van der Waals surface area contributed by atoms with Crippen LogP contribution in [0.3, 0.4) is 0 Å². The monoisotopic (exact) mass is 333 g/mol. The molecule has 5 heteroatoms. The van der Waals surface area contributed by atoms with Crippen molar-refractivity contribution in [2.24, 2.45) is 7.05 Å². The quantitative estimate of drug-likeness (QED) is 0.547. The van der Waals surface area contributed by atoms with Gasteiger partial charge in [0.25, 0.3) is 0 Å². The summed E-state index contributed by atoms with van der Waals surface area (Å²) < 4.78 is 8.96. The second-order valence-corrected chi connectivity index (χ2v) is 5.70. The summed E-state index contributed by atoms with van der Waals surface area (Å²) in [6.07, 6.45) is 1.53. The third kappa shape index (κ3) is 3.48. The molecule has 126 valence electrons. The fourth-order valence-electron chi connectivity index (χ4n) is 2.68. The number of ether oxygens (including phenoxy) is 1. The maximum atomic E-state index is 12.5. The van der Waals surface area contributed by atoms with Crippen LogP contribution >= 0.6 is 0 Å². The Morgan fingerprint density at radius 1 is 1.12 bits per heavy atom. The van der Waals surface area contributed by atoms with Crippen LogP contribution in [-0.2, 0) is 11.8 Å². The molecule has 0 aliphatic carbocycles. The van der Waals surface area contributed by atoms with Gasteiger partial charge in [0.05, 0.1) is 6.20 Å². The molecule has 0 aliphatic heterocycles. The first-order valence-electron chi connectivity index (χ1n) is 7.96. The van der Waals surface area contributed by atoms with E-state index in [-0.39, 0.29) is 6.61 Å². The molecule has 0 saturated heterocycles. The van der Waals surface area contributed by atoms with Crippen molar-refractivity contribution in [2.75, 3.05) is 6.61 Å². The first-order chi connectivity index (χ1) is 12.1. The molecule has 3 aromatic rings. The maximum absolute atomic E-state index is 12.5. The molecular weight excluding hydrogens is 314 g/mol. The number of carbonyl (C=O) groups is 1. The molecule has 0 fully saturated rings. The number of aryl methyl sites for hydroxylation is 3. The van der Waals surface area contributed by atoms with Crippen LogP contribution in [0.5, 0.6) is 0 Å². The lowest BCUT2D eigenvalue weighted by atomic mass is 10.2. The van der Waals surface area contributed by atoms with Crippen molar-refractivity contribution in [1.82, 2.24) is 14.3 Å². The molecule has 0 spiro atoms. The van der Waals surface area contributed by atoms with Gasteiger partial charge in [0, 0.05) is 24.0 Å². The molecule has 0 aliphatic rings. The molecule has 1 aromatic carbocycles. The Hall–Kier alpha value is -3.26. The minimum atomic E-state index is -0.432. The summed E-state index contributed by atoms with van der Waals surface area (Å²) >= 11 is 0. The molecule has 0 bridgehead atoms. The highest BCUT2D eigenvalue weighted by Crippen LogP contribution is 2.20. The minimum Gasteiger partial charge on any atom is -0.449 e. The van der Waals surface area contributed by atoms with Crippen LogP contribution in [-0.4, -0.2) is 26.9 Å². The highest BCUT2D eigenvalue weighted by Gasteiger charge is 2.20. The average molecular weight is 333 g/mol. The lowest BCUT2D eigenvalue weighted by Gasteiger charge is -2.11. The van der Waals surface area contributed by atoms with Gasteiger partial charge in [-0.15, -0.1) is 0 Å². The maximum Gasteiger partial charge on any atom is 0.344 e. The van der Waals surface area contributed by atoms with Gasteiger partial charge in [-0.3, -0.25) is 4.68 Å². The number of carbonyl (C=O) groups excluding carboxylic acids is 1. The molecule has 0 radical (unpaired) electrons. The Morgan fingerprint density at radius 2 is 1.80 bits per heavy atom. The molecular formula is C20H19N3O2. The topological polar surface area (TPSA) is 49.1 Å². The Labute approximate surface area is 146 Å². The zero-order valence-electron chi connectivity index (χ0n) is 14.5. The third-order valence-electron chi connectivity index (χ3n) is 3.89. The normalized spacial score (nSPS) is 10.2. The second-order valence-electron chi connectivity index (χ2n) is 5.70. The van der Waals surface area contributed by atoms with E-state index in [1.165, 1.54) is 6.20 Å². The molecule has 2 aromatic heterocycles. The number of hydrogen-bond donors (Lipinski definition) is 0. The number of hydrogen-bond acceptors (Lipinski definition) is 3. The predicted octanol–water partition coefficient (Wildman–Crippen LogP) is 3.04. The lowest BCUT2D eigenvalue weighted by molar-refractivity contribution is 0.0556. The van der Waals surface area contributed by atoms with E-state index in [1.807, 2.05) is 60.9 Å². The molecule has 5 nitrogen and oxygen atoms in total. The van der Waals surface area contributed by atoms with Crippen LogP contribution in [0.25, 0.3) is 5.82 Å². The first-order valence-corrected chi connectivity index (χ1v) is 7.96. The van der Waals surface area contributed by atoms with E-state index in [4.69, 9.17) is 4.74 Å². The summed E-state index contributed by atoms with van der Waals surface area (Å²) in [4.78, 5) is 12.5. The van der Waals surface area contributed by atoms with Crippen molar-refractivity contribution in [3.63, 3.8) is 0 Å². The number of esters is 1. The van der Waals surface area contributed by atoms with E-state index in [0.717, 1.165) is 17.0 Å². The zero-order valence-corrected chi connectivity index (χ0v) is 14.5. The van der Waals surface area contributed by atoms with Gasteiger partial charge in [0.1, 0.15) is 11.4 Å². The molecule has 3 rings (SSSR count). The average Bonchev–Trinajstić information content (AvgIpc) is 3.14. The van der Waals surface area contributed by atoms with Gasteiger partial charge in [-0.25, -0.2) is 4.79 Å². The predicted molar refractivity (Wildman–Crippen MR) is 95.6 cm³/mol. The summed E-state index contributed by atoms with van der Waals surface area (Å²) in [6, 6.07) is 13.6. The van der Waals surface area contributed by atoms with Gasteiger partial charge in [-0.05, 0) is 38.1 Å². The van der Waals surface area contributed by atoms with Crippen LogP contribution in [0.2, 0.25) is 0 Å². The van der Waals surface area contributed by atoms with Gasteiger partial charge in [-0.1, -0.05) is 30.0 Å². The standard InChI is InChI=1S/C20H19N3O2/c1-15-11-12-16(2)23(15)19-18(14-21-22(19)3)20(24)25-13-7-10-17-8-5-4-6-9-17/h4-6,8-9,11-12,14H,13H2,1-3H3. The van der Waals surface area contributed by atoms with E-state index in [0.29, 0.717) is 11.4 Å². The van der Waals surface area contributed by atoms with Crippen LogP contribution in [0, 0.1) is 25.7 Å². The molecule has 25 heavy (non-hydrogen) atoms. The summed E-state index contributed by atoms with van der Waals surface area (Å²) in [5.74, 6) is 6.09. The summed E-state index contributed by atoms with van der Waals surface area (Å²) in [5, 5.41) is 4.21. The Morgan fingerprint density at radius 3 is 2.48 bits per heavy atom. The van der Waals surface area contributed by atoms with Crippen molar-refractivity contribution in [1.29, 1.82) is 0 Å². The van der Waals surface area contributed by atoms with Crippen molar-refractivity contribution >= 4 is 5.97 Å². The lowest BCUT2D eigenvalue weighted by Crippen LogP contribution is -2.13. The third-order valence-corrected chi connectivity index (χ3v) is 3.89. The molecule has 0 amide bonds. The molecule has 0 N–H and O–H groups in total. The van der Waals surface area contributed by atoms with E-state index in [1.54, 1.807) is 11.7 Å². The highest BCUT2D eigenvalue weighted by atomic mass is 16.5. The number of aromatic nitrogens is 3. The van der Waals surface area contributed by atoms with E-state index >= 15 is 0 Å². The fraction of sp³-hybridized carbons (Fsp3) is 0.200. The van der Waals surface area contributed by atoms with Crippen LogP contribution in [0.1, 0.15) is 27.3 Å². The van der Waals surface area contributed by atoms with E-state index < -0.39 is 5.97 Å². The smallest absolute Gasteiger partial charge is 0.344 e. The molecule has 0 unspecified atom stereocenters. The number of rotatable bonds is 3. The van der Waals surface area contributed by atoms with Gasteiger partial charge in [0.15, 0.2) is 6.61 Å². The summed E-state index contributed by atoms with van der Waals surface area (Å²) in [5.41, 5.74) is 3.36. The van der Waals surface area contributed by atoms with Crippen molar-refractivity contribution in [2.45, 2.75) is 13.8 Å². The van der Waals surface area contributed by atoms with E-state index in [2.05, 4.69) is 16.9 Å². The Kier molecular flexibility index (Phi) is 4.71. The SMILES string of the molecule is Cc1ccc(C)n1-c1c(C(=O)OCC#Cc2ccccc2)cnn1C. The van der Waals surface area contributed by atoms with Crippen molar-refractivity contribution < 1.29 is 9.53 Å². The summed E-state index contributed by atoms with van der Waals surface area (Å²) in [6.45, 7) is 4.01. The minimum absolute atomic E-state index is 0.0334. The van der Waals surface area contributed by atoms with Gasteiger partial charge >= 0.3 is 5.97 Å².